The average Bonchev–Trinajstić information content (AvgIpc) is 1.97. The first kappa shape index (κ1) is 6.99. The fourth-order valence-electron chi connectivity index (χ4n) is 0.652. The van der Waals surface area contributed by atoms with Crippen LogP contribution in [0.1, 0.15) is 13.8 Å². The molecule has 1 aliphatic rings. The molecule has 54 valence electrons. The molecule has 0 atom stereocenters. The molecule has 10 heavy (non-hydrogen) atoms. The van der Waals surface area contributed by atoms with Gasteiger partial charge in [0.2, 0.25) is 0 Å². The molecule has 1 rings (SSSR count). The highest BCUT2D eigenvalue weighted by Crippen LogP contribution is 2.33. The fourth-order valence-corrected chi connectivity index (χ4v) is 0.652. The molecule has 0 spiro atoms. The number of ether oxygens (including phenoxy) is 1. The summed E-state index contributed by atoms with van der Waals surface area (Å²) in [6.07, 6.45) is 0. The van der Waals surface area contributed by atoms with Crippen molar-refractivity contribution in [3.05, 3.63) is 12.2 Å². The van der Waals surface area contributed by atoms with Crippen LogP contribution in [0.25, 0.3) is 0 Å². The third kappa shape index (κ3) is 0.667. The van der Waals surface area contributed by atoms with Crippen molar-refractivity contribution in [3.63, 3.8) is 0 Å². The van der Waals surface area contributed by atoms with E-state index in [1.54, 1.807) is 13.8 Å². The molecule has 0 aromatic heterocycles. The Labute approximate surface area is 58.7 Å². The SMILES string of the molecule is C=C1C(=O)OC(=O)C1(C)C. The highest BCUT2D eigenvalue weighted by Gasteiger charge is 2.44. The van der Waals surface area contributed by atoms with E-state index in [-0.39, 0.29) is 5.57 Å². The smallest absolute Gasteiger partial charge is 0.342 e. The highest BCUT2D eigenvalue weighted by molar-refractivity contribution is 6.09. The van der Waals surface area contributed by atoms with E-state index < -0.39 is 17.4 Å². The van der Waals surface area contributed by atoms with Crippen molar-refractivity contribution in [2.75, 3.05) is 0 Å². The molecule has 0 aliphatic carbocycles. The van der Waals surface area contributed by atoms with Crippen LogP contribution in [0.15, 0.2) is 12.2 Å². The van der Waals surface area contributed by atoms with E-state index in [0.29, 0.717) is 0 Å². The molecule has 1 saturated heterocycles. The number of cyclic esters (lactones) is 2. The molecule has 1 heterocycles. The van der Waals surface area contributed by atoms with Crippen LogP contribution in [0.5, 0.6) is 0 Å². The third-order valence-electron chi connectivity index (χ3n) is 1.70. The lowest BCUT2D eigenvalue weighted by atomic mass is 9.88. The van der Waals surface area contributed by atoms with E-state index in [1.165, 1.54) is 0 Å². The number of hydrogen-bond acceptors (Lipinski definition) is 3. The quantitative estimate of drug-likeness (QED) is 0.282. The summed E-state index contributed by atoms with van der Waals surface area (Å²) in [7, 11) is 0. The molecular weight excluding hydrogens is 132 g/mol. The molecule has 0 aromatic rings. The molecule has 0 N–H and O–H groups in total. The second-order valence-electron chi connectivity index (χ2n) is 2.78. The van der Waals surface area contributed by atoms with Crippen LogP contribution >= 0.6 is 0 Å². The molecule has 0 bridgehead atoms. The van der Waals surface area contributed by atoms with Gasteiger partial charge in [0, 0.05) is 5.57 Å². The Morgan fingerprint density at radius 2 is 1.90 bits per heavy atom. The second-order valence-corrected chi connectivity index (χ2v) is 2.78. The van der Waals surface area contributed by atoms with Crippen LogP contribution in [-0.2, 0) is 14.3 Å². The molecule has 1 fully saturated rings. The average molecular weight is 140 g/mol. The summed E-state index contributed by atoms with van der Waals surface area (Å²) in [6, 6.07) is 0. The second kappa shape index (κ2) is 1.68. The first-order chi connectivity index (χ1) is 4.46. The summed E-state index contributed by atoms with van der Waals surface area (Å²) in [5, 5.41) is 0. The standard InChI is InChI=1S/C7H8O3/c1-4-5(8)10-6(9)7(4,2)3/h1H2,2-3H3. The summed E-state index contributed by atoms with van der Waals surface area (Å²) >= 11 is 0. The Hall–Kier alpha value is -1.12. The zero-order valence-electron chi connectivity index (χ0n) is 5.93. The normalized spacial score (nSPS) is 23.2. The van der Waals surface area contributed by atoms with Crippen molar-refractivity contribution in [1.82, 2.24) is 0 Å². The molecule has 0 aromatic carbocycles. The number of hydrogen-bond donors (Lipinski definition) is 0. The third-order valence-corrected chi connectivity index (χ3v) is 1.70. The van der Waals surface area contributed by atoms with Crippen molar-refractivity contribution < 1.29 is 14.3 Å². The minimum atomic E-state index is -0.822. The lowest BCUT2D eigenvalue weighted by Crippen LogP contribution is -2.18. The van der Waals surface area contributed by atoms with E-state index in [2.05, 4.69) is 11.3 Å². The summed E-state index contributed by atoms with van der Waals surface area (Å²) < 4.78 is 4.31. The van der Waals surface area contributed by atoms with Crippen molar-refractivity contribution in [3.8, 4) is 0 Å². The number of carbonyl (C=O) groups is 2. The van der Waals surface area contributed by atoms with E-state index >= 15 is 0 Å². The maximum Gasteiger partial charge on any atom is 0.342 e. The van der Waals surface area contributed by atoms with Crippen LogP contribution in [0.3, 0.4) is 0 Å². The lowest BCUT2D eigenvalue weighted by molar-refractivity contribution is -0.154. The van der Waals surface area contributed by atoms with Crippen molar-refractivity contribution in [1.29, 1.82) is 0 Å². The first-order valence-corrected chi connectivity index (χ1v) is 2.92. The predicted octanol–water partition coefficient (Wildman–Crippen LogP) is 0.652. The zero-order valence-corrected chi connectivity index (χ0v) is 5.93. The minimum Gasteiger partial charge on any atom is -0.389 e. The first-order valence-electron chi connectivity index (χ1n) is 2.92. The van der Waals surface area contributed by atoms with Crippen LogP contribution in [0.4, 0.5) is 0 Å². The maximum absolute atomic E-state index is 10.8. The van der Waals surface area contributed by atoms with Gasteiger partial charge in [-0.25, -0.2) is 4.79 Å². The molecule has 0 saturated carbocycles. The van der Waals surface area contributed by atoms with Crippen molar-refractivity contribution in [2.24, 2.45) is 5.41 Å². The van der Waals surface area contributed by atoms with E-state index in [4.69, 9.17) is 0 Å². The highest BCUT2D eigenvalue weighted by atomic mass is 16.6. The topological polar surface area (TPSA) is 43.4 Å². The molecule has 0 amide bonds. The Bertz CT molecular complexity index is 225. The molecule has 0 radical (unpaired) electrons. The molecule has 1 aliphatic heterocycles. The van der Waals surface area contributed by atoms with Gasteiger partial charge >= 0.3 is 11.9 Å². The van der Waals surface area contributed by atoms with Crippen LogP contribution in [-0.4, -0.2) is 11.9 Å². The van der Waals surface area contributed by atoms with Crippen LogP contribution in [0.2, 0.25) is 0 Å². The Morgan fingerprint density at radius 3 is 2.00 bits per heavy atom. The van der Waals surface area contributed by atoms with Crippen LogP contribution < -0.4 is 0 Å². The van der Waals surface area contributed by atoms with Gasteiger partial charge < -0.3 is 4.74 Å². The van der Waals surface area contributed by atoms with Crippen LogP contribution in [0, 0.1) is 5.41 Å². The van der Waals surface area contributed by atoms with Gasteiger partial charge in [0.1, 0.15) is 0 Å². The van der Waals surface area contributed by atoms with Gasteiger partial charge in [-0.05, 0) is 13.8 Å². The summed E-state index contributed by atoms with van der Waals surface area (Å²) in [4.78, 5) is 21.5. The number of rotatable bonds is 0. The largest absolute Gasteiger partial charge is 0.389 e. The van der Waals surface area contributed by atoms with E-state index in [9.17, 15) is 9.59 Å². The van der Waals surface area contributed by atoms with Gasteiger partial charge in [-0.3, -0.25) is 4.79 Å². The van der Waals surface area contributed by atoms with E-state index in [1.807, 2.05) is 0 Å². The van der Waals surface area contributed by atoms with Gasteiger partial charge in [0.05, 0.1) is 5.41 Å². The summed E-state index contributed by atoms with van der Waals surface area (Å²) in [5.41, 5.74) is -0.589. The van der Waals surface area contributed by atoms with Gasteiger partial charge in [0.15, 0.2) is 0 Å². The summed E-state index contributed by atoms with van der Waals surface area (Å²) in [5.74, 6) is -1.11. The Balaban J connectivity index is 3.08. The van der Waals surface area contributed by atoms with Crippen molar-refractivity contribution >= 4 is 11.9 Å². The molecule has 3 nitrogen and oxygen atoms in total. The Kier molecular flexibility index (Phi) is 1.18. The minimum absolute atomic E-state index is 0.234. The number of esters is 2. The summed E-state index contributed by atoms with van der Waals surface area (Å²) in [6.45, 7) is 6.67. The van der Waals surface area contributed by atoms with Crippen molar-refractivity contribution in [2.45, 2.75) is 13.8 Å². The van der Waals surface area contributed by atoms with E-state index in [0.717, 1.165) is 0 Å². The maximum atomic E-state index is 10.8. The molecule has 3 heteroatoms. The monoisotopic (exact) mass is 140 g/mol. The van der Waals surface area contributed by atoms with Gasteiger partial charge in [0.25, 0.3) is 0 Å². The fraction of sp³-hybridized carbons (Fsp3) is 0.429. The zero-order chi connectivity index (χ0) is 7.94. The van der Waals surface area contributed by atoms with Gasteiger partial charge in [-0.15, -0.1) is 0 Å². The van der Waals surface area contributed by atoms with Gasteiger partial charge in [-0.1, -0.05) is 6.58 Å². The molecule has 0 unspecified atom stereocenters. The van der Waals surface area contributed by atoms with Gasteiger partial charge in [-0.2, -0.15) is 0 Å². The Morgan fingerprint density at radius 1 is 1.40 bits per heavy atom. The predicted molar refractivity (Wildman–Crippen MR) is 34.0 cm³/mol. The lowest BCUT2D eigenvalue weighted by Gasteiger charge is -2.09. The molecular formula is C7H8O3. The number of carbonyl (C=O) groups excluding carboxylic acids is 2.